The first-order chi connectivity index (χ1) is 19.1. The number of fused-ring (bicyclic) bond motifs is 1. The van der Waals surface area contributed by atoms with Gasteiger partial charge in [0.05, 0.1) is 35.9 Å². The Labute approximate surface area is 229 Å². The maximum atomic E-state index is 11.3. The van der Waals surface area contributed by atoms with Crippen LogP contribution in [0.5, 0.6) is 5.75 Å². The molecule has 0 radical (unpaired) electrons. The molecule has 200 valence electrons. The first kappa shape index (κ1) is 25.6. The molecule has 6 rings (SSSR count). The summed E-state index contributed by atoms with van der Waals surface area (Å²) >= 11 is -1.96. The molecule has 3 aromatic rings. The van der Waals surface area contributed by atoms with Crippen molar-refractivity contribution in [1.29, 1.82) is 5.26 Å². The number of ether oxygens (including phenoxy) is 2. The molecule has 0 spiro atoms. The van der Waals surface area contributed by atoms with E-state index >= 15 is 0 Å². The molecule has 2 aromatic carbocycles. The summed E-state index contributed by atoms with van der Waals surface area (Å²) in [6.07, 6.45) is 3.27. The number of hydrogen-bond donors (Lipinski definition) is 1. The summed E-state index contributed by atoms with van der Waals surface area (Å²) in [5.74, 6) is 0.500. The third kappa shape index (κ3) is 5.42. The second-order valence-electron chi connectivity index (χ2n) is 9.70. The van der Waals surface area contributed by atoms with Crippen LogP contribution in [0.2, 0.25) is 0 Å². The summed E-state index contributed by atoms with van der Waals surface area (Å²) in [5, 5.41) is 9.85. The molecule has 4 heterocycles. The van der Waals surface area contributed by atoms with Gasteiger partial charge in [-0.2, -0.15) is 5.26 Å². The Morgan fingerprint density at radius 2 is 1.77 bits per heavy atom. The molecule has 0 aliphatic carbocycles. The first-order valence-electron chi connectivity index (χ1n) is 13.0. The van der Waals surface area contributed by atoms with Gasteiger partial charge in [-0.1, -0.05) is 12.1 Å². The van der Waals surface area contributed by atoms with Gasteiger partial charge >= 0.3 is 0 Å². The Bertz CT molecular complexity index is 1460. The quantitative estimate of drug-likeness (QED) is 0.468. The molecule has 2 saturated heterocycles. The lowest BCUT2D eigenvalue weighted by Crippen LogP contribution is -2.39. The van der Waals surface area contributed by atoms with Crippen molar-refractivity contribution in [2.24, 2.45) is 4.99 Å². The molecule has 2 fully saturated rings. The minimum absolute atomic E-state index is 0.118. The summed E-state index contributed by atoms with van der Waals surface area (Å²) in [6, 6.07) is 16.2. The Morgan fingerprint density at radius 3 is 2.49 bits per heavy atom. The predicted molar refractivity (Wildman–Crippen MR) is 148 cm³/mol. The molecule has 1 N–H and O–H groups in total. The summed E-state index contributed by atoms with van der Waals surface area (Å²) in [6.45, 7) is 4.22. The smallest absolute Gasteiger partial charge is 0.234 e. The molecule has 10 nitrogen and oxygen atoms in total. The molecule has 0 amide bonds. The van der Waals surface area contributed by atoms with Crippen molar-refractivity contribution in [2.45, 2.75) is 25.4 Å². The molecule has 1 atom stereocenters. The minimum Gasteiger partial charge on any atom is -0.489 e. The first-order valence-corrected chi connectivity index (χ1v) is 14.1. The van der Waals surface area contributed by atoms with Gasteiger partial charge in [0.1, 0.15) is 29.9 Å². The van der Waals surface area contributed by atoms with Gasteiger partial charge in [0.15, 0.2) is 0 Å². The van der Waals surface area contributed by atoms with E-state index in [2.05, 4.69) is 45.2 Å². The van der Waals surface area contributed by atoms with Gasteiger partial charge in [-0.05, 0) is 48.7 Å². The number of nitrogens with zero attached hydrogens (tertiary/aromatic N) is 6. The second kappa shape index (κ2) is 11.2. The third-order valence-electron chi connectivity index (χ3n) is 7.35. The van der Waals surface area contributed by atoms with Gasteiger partial charge in [0.2, 0.25) is 11.3 Å². The fraction of sp³-hybridized carbons (Fsp3) is 0.357. The molecule has 11 heteroatoms. The Kier molecular flexibility index (Phi) is 7.34. The van der Waals surface area contributed by atoms with Crippen molar-refractivity contribution in [3.8, 4) is 23.1 Å². The summed E-state index contributed by atoms with van der Waals surface area (Å²) in [7, 11) is 0. The van der Waals surface area contributed by atoms with Crippen LogP contribution in [0.3, 0.4) is 0 Å². The SMILES string of the molecule is N#Cc1cc(-c2ncnc3c2N=C(c2ccc(N4CCOCC4)cc2)C3)ccc1OC1CCN(S(=O)O)CC1. The normalized spacial score (nSPS) is 18.8. The van der Waals surface area contributed by atoms with Crippen LogP contribution in [0.1, 0.15) is 29.7 Å². The van der Waals surface area contributed by atoms with Gasteiger partial charge < -0.3 is 14.4 Å². The van der Waals surface area contributed by atoms with Crippen LogP contribution in [0.25, 0.3) is 11.3 Å². The van der Waals surface area contributed by atoms with Crippen molar-refractivity contribution in [3.05, 3.63) is 65.6 Å². The third-order valence-corrected chi connectivity index (χ3v) is 8.15. The molecular formula is C28H28N6O4S. The van der Waals surface area contributed by atoms with E-state index in [-0.39, 0.29) is 6.10 Å². The van der Waals surface area contributed by atoms with Crippen molar-refractivity contribution in [1.82, 2.24) is 14.3 Å². The van der Waals surface area contributed by atoms with Crippen LogP contribution in [0.4, 0.5) is 11.4 Å². The predicted octanol–water partition coefficient (Wildman–Crippen LogP) is 3.51. The van der Waals surface area contributed by atoms with Gasteiger partial charge in [-0.15, -0.1) is 0 Å². The number of aliphatic imine (C=N–C) groups is 1. The van der Waals surface area contributed by atoms with Crippen LogP contribution in [-0.2, 0) is 22.4 Å². The molecule has 0 bridgehead atoms. The van der Waals surface area contributed by atoms with E-state index in [1.165, 1.54) is 9.99 Å². The Balaban J connectivity index is 1.21. The highest BCUT2D eigenvalue weighted by Gasteiger charge is 2.26. The maximum absolute atomic E-state index is 11.3. The van der Waals surface area contributed by atoms with E-state index in [1.807, 2.05) is 6.07 Å². The van der Waals surface area contributed by atoms with Crippen LogP contribution in [0.15, 0.2) is 53.8 Å². The van der Waals surface area contributed by atoms with E-state index in [1.54, 1.807) is 18.5 Å². The van der Waals surface area contributed by atoms with Gasteiger partial charge in [-0.25, -0.2) is 23.5 Å². The zero-order valence-corrected chi connectivity index (χ0v) is 22.1. The maximum Gasteiger partial charge on any atom is 0.234 e. The van der Waals surface area contributed by atoms with Gasteiger partial charge in [0.25, 0.3) is 0 Å². The van der Waals surface area contributed by atoms with Crippen molar-refractivity contribution >= 4 is 28.4 Å². The van der Waals surface area contributed by atoms with Crippen LogP contribution >= 0.6 is 0 Å². The fourth-order valence-electron chi connectivity index (χ4n) is 5.21. The number of anilines is 1. The molecule has 0 saturated carbocycles. The Morgan fingerprint density at radius 1 is 1.03 bits per heavy atom. The lowest BCUT2D eigenvalue weighted by Gasteiger charge is -2.29. The lowest BCUT2D eigenvalue weighted by atomic mass is 10.0. The van der Waals surface area contributed by atoms with E-state index in [9.17, 15) is 14.0 Å². The van der Waals surface area contributed by atoms with Crippen molar-refractivity contribution in [3.63, 3.8) is 0 Å². The lowest BCUT2D eigenvalue weighted by molar-refractivity contribution is 0.122. The highest BCUT2D eigenvalue weighted by atomic mass is 32.2. The van der Waals surface area contributed by atoms with Crippen LogP contribution in [-0.4, -0.2) is 74.2 Å². The summed E-state index contributed by atoms with van der Waals surface area (Å²) in [5.41, 5.74) is 6.63. The van der Waals surface area contributed by atoms with Gasteiger partial charge in [-0.3, -0.25) is 4.55 Å². The average molecular weight is 545 g/mol. The number of rotatable bonds is 6. The number of benzene rings is 2. The largest absolute Gasteiger partial charge is 0.489 e. The number of hydrogen-bond acceptors (Lipinski definition) is 8. The van der Waals surface area contributed by atoms with Crippen LogP contribution < -0.4 is 9.64 Å². The van der Waals surface area contributed by atoms with Crippen molar-refractivity contribution < 1.29 is 18.2 Å². The monoisotopic (exact) mass is 544 g/mol. The summed E-state index contributed by atoms with van der Waals surface area (Å²) in [4.78, 5) is 16.3. The van der Waals surface area contributed by atoms with E-state index in [0.717, 1.165) is 54.5 Å². The molecule has 3 aliphatic rings. The average Bonchev–Trinajstić information content (AvgIpc) is 3.43. The molecule has 1 unspecified atom stereocenters. The Hall–Kier alpha value is -3.69. The molecular weight excluding hydrogens is 516 g/mol. The number of morpholine rings is 1. The topological polar surface area (TPSA) is 124 Å². The van der Waals surface area contributed by atoms with Crippen molar-refractivity contribution in [2.75, 3.05) is 44.3 Å². The zero-order valence-electron chi connectivity index (χ0n) is 21.3. The van der Waals surface area contributed by atoms with E-state index < -0.39 is 11.3 Å². The van der Waals surface area contributed by atoms with Crippen LogP contribution in [0, 0.1) is 11.3 Å². The van der Waals surface area contributed by atoms with E-state index in [0.29, 0.717) is 49.4 Å². The van der Waals surface area contributed by atoms with Gasteiger partial charge in [0, 0.05) is 43.9 Å². The second-order valence-corrected chi connectivity index (χ2v) is 10.7. The fourth-order valence-corrected chi connectivity index (χ4v) is 5.74. The van der Waals surface area contributed by atoms with E-state index in [4.69, 9.17) is 14.5 Å². The molecule has 3 aliphatic heterocycles. The number of nitriles is 1. The zero-order chi connectivity index (χ0) is 26.8. The summed E-state index contributed by atoms with van der Waals surface area (Å²) < 4.78 is 33.6. The minimum atomic E-state index is -1.96. The highest BCUT2D eigenvalue weighted by Crippen LogP contribution is 2.37. The standard InChI is InChI=1S/C28H28N6O4S/c29-17-21-15-20(3-6-26(21)38-23-7-9-34(10-8-23)39(35)36)27-28-25(30-18-31-27)16-24(32-28)19-1-4-22(5-2-19)33-11-13-37-14-12-33/h1-6,15,18,23H,7-14,16H2,(H,35,36). The number of aromatic nitrogens is 2. The molecule has 39 heavy (non-hydrogen) atoms. The molecule has 1 aromatic heterocycles. The highest BCUT2D eigenvalue weighted by molar-refractivity contribution is 7.76. The number of piperidine rings is 1.